The summed E-state index contributed by atoms with van der Waals surface area (Å²) in [6.07, 6.45) is 4.70. The van der Waals surface area contributed by atoms with Gasteiger partial charge in [0, 0.05) is 24.7 Å². The van der Waals surface area contributed by atoms with E-state index in [9.17, 15) is 14.4 Å². The van der Waals surface area contributed by atoms with Gasteiger partial charge >= 0.3 is 0 Å². The molecule has 8 heteroatoms. The van der Waals surface area contributed by atoms with Crippen LogP contribution in [0.5, 0.6) is 0 Å². The molecule has 168 valence electrons. The first-order valence-corrected chi connectivity index (χ1v) is 11.0. The van der Waals surface area contributed by atoms with Crippen molar-refractivity contribution >= 4 is 29.2 Å². The van der Waals surface area contributed by atoms with E-state index in [1.807, 2.05) is 17.9 Å². The van der Waals surface area contributed by atoms with Crippen LogP contribution in [0.15, 0.2) is 42.6 Å². The molecule has 1 saturated heterocycles. The third kappa shape index (κ3) is 5.13. The summed E-state index contributed by atoms with van der Waals surface area (Å²) in [6, 6.07) is 10.8. The van der Waals surface area contributed by atoms with Crippen molar-refractivity contribution in [1.29, 1.82) is 0 Å². The van der Waals surface area contributed by atoms with E-state index in [2.05, 4.69) is 15.6 Å². The Hall–Kier alpha value is -3.26. The van der Waals surface area contributed by atoms with Gasteiger partial charge < -0.3 is 20.3 Å². The summed E-state index contributed by atoms with van der Waals surface area (Å²) in [4.78, 5) is 43.9. The predicted molar refractivity (Wildman–Crippen MR) is 120 cm³/mol. The minimum absolute atomic E-state index is 0.0344. The summed E-state index contributed by atoms with van der Waals surface area (Å²) >= 11 is 0. The molecule has 2 aliphatic rings. The van der Waals surface area contributed by atoms with Gasteiger partial charge in [-0.15, -0.1) is 0 Å². The molecular weight excluding hydrogens is 408 g/mol. The second-order valence-corrected chi connectivity index (χ2v) is 8.35. The molecule has 1 aliphatic carbocycles. The number of hydrogen-bond donors (Lipinski definition) is 2. The summed E-state index contributed by atoms with van der Waals surface area (Å²) in [7, 11) is 0. The van der Waals surface area contributed by atoms with Gasteiger partial charge in [0.15, 0.2) is 0 Å². The highest BCUT2D eigenvalue weighted by Gasteiger charge is 2.33. The number of benzene rings is 1. The lowest BCUT2D eigenvalue weighted by atomic mass is 9.84. The molecule has 1 aliphatic heterocycles. The van der Waals surface area contributed by atoms with Crippen molar-refractivity contribution in [3.05, 3.63) is 53.7 Å². The van der Waals surface area contributed by atoms with Gasteiger partial charge in [-0.25, -0.2) is 4.98 Å². The number of amides is 3. The smallest absolute Gasteiger partial charge is 0.258 e. The van der Waals surface area contributed by atoms with Gasteiger partial charge in [0.2, 0.25) is 11.8 Å². The van der Waals surface area contributed by atoms with Gasteiger partial charge in [-0.05, 0) is 56.4 Å². The fourth-order valence-electron chi connectivity index (χ4n) is 4.32. The molecule has 0 atom stereocenters. The Bertz CT molecular complexity index is 984. The van der Waals surface area contributed by atoms with Gasteiger partial charge in [0.25, 0.3) is 5.91 Å². The Kier molecular flexibility index (Phi) is 6.80. The van der Waals surface area contributed by atoms with Crippen LogP contribution in [0.25, 0.3) is 0 Å². The molecule has 8 nitrogen and oxygen atoms in total. The second kappa shape index (κ2) is 9.91. The average molecular weight is 437 g/mol. The Morgan fingerprint density at radius 3 is 2.56 bits per heavy atom. The van der Waals surface area contributed by atoms with Crippen LogP contribution in [0.4, 0.5) is 11.5 Å². The van der Waals surface area contributed by atoms with Crippen molar-refractivity contribution in [2.24, 2.45) is 5.92 Å². The van der Waals surface area contributed by atoms with Crippen molar-refractivity contribution in [1.82, 2.24) is 9.88 Å². The molecule has 2 fully saturated rings. The molecule has 2 heterocycles. The van der Waals surface area contributed by atoms with E-state index in [4.69, 9.17) is 4.74 Å². The molecule has 32 heavy (non-hydrogen) atoms. The molecule has 1 saturated carbocycles. The van der Waals surface area contributed by atoms with Gasteiger partial charge in [-0.3, -0.25) is 14.4 Å². The fourth-order valence-corrected chi connectivity index (χ4v) is 4.32. The molecule has 0 radical (unpaired) electrons. The molecule has 0 spiro atoms. The monoisotopic (exact) mass is 436 g/mol. The first-order chi connectivity index (χ1) is 15.5. The number of rotatable bonds is 5. The van der Waals surface area contributed by atoms with Crippen LogP contribution < -0.4 is 10.6 Å². The lowest BCUT2D eigenvalue weighted by Crippen LogP contribution is -2.49. The van der Waals surface area contributed by atoms with E-state index < -0.39 is 0 Å². The van der Waals surface area contributed by atoms with E-state index in [-0.39, 0.29) is 36.3 Å². The van der Waals surface area contributed by atoms with Crippen molar-refractivity contribution < 1.29 is 19.1 Å². The summed E-state index contributed by atoms with van der Waals surface area (Å²) in [5.74, 6) is -0.0700. The zero-order chi connectivity index (χ0) is 22.5. The maximum absolute atomic E-state index is 12.9. The number of hydrogen-bond acceptors (Lipinski definition) is 5. The number of aryl methyl sites for hydroxylation is 1. The molecule has 1 aromatic carbocycles. The maximum Gasteiger partial charge on any atom is 0.258 e. The molecule has 2 N–H and O–H groups in total. The average Bonchev–Trinajstić information content (AvgIpc) is 2.81. The lowest BCUT2D eigenvalue weighted by Gasteiger charge is -2.38. The number of anilines is 2. The number of nitrogens with one attached hydrogen (secondary N) is 2. The van der Waals surface area contributed by atoms with Crippen LogP contribution in [0.2, 0.25) is 0 Å². The van der Waals surface area contributed by atoms with Crippen LogP contribution in [0, 0.1) is 12.8 Å². The molecular formula is C24H28N4O4. The second-order valence-electron chi connectivity index (χ2n) is 8.35. The number of aromatic nitrogens is 1. The molecule has 4 rings (SSSR count). The topological polar surface area (TPSA) is 101 Å². The van der Waals surface area contributed by atoms with Gasteiger partial charge in [0.05, 0.1) is 17.9 Å². The Labute approximate surface area is 187 Å². The third-order valence-corrected chi connectivity index (χ3v) is 6.11. The van der Waals surface area contributed by atoms with E-state index >= 15 is 0 Å². The maximum atomic E-state index is 12.9. The van der Waals surface area contributed by atoms with E-state index in [0.29, 0.717) is 43.1 Å². The minimum Gasteiger partial charge on any atom is -0.370 e. The fraction of sp³-hybridized carbons (Fsp3) is 0.417. The Morgan fingerprint density at radius 1 is 1.06 bits per heavy atom. The third-order valence-electron chi connectivity index (χ3n) is 6.11. The zero-order valence-corrected chi connectivity index (χ0v) is 18.2. The molecule has 1 aromatic heterocycles. The van der Waals surface area contributed by atoms with Crippen LogP contribution in [0.3, 0.4) is 0 Å². The van der Waals surface area contributed by atoms with Crippen LogP contribution >= 0.6 is 0 Å². The van der Waals surface area contributed by atoms with Gasteiger partial charge in [-0.2, -0.15) is 0 Å². The summed E-state index contributed by atoms with van der Waals surface area (Å²) < 4.78 is 5.21. The molecule has 0 bridgehead atoms. The summed E-state index contributed by atoms with van der Waals surface area (Å²) in [6.45, 7) is 3.27. The van der Waals surface area contributed by atoms with Crippen LogP contribution in [-0.4, -0.2) is 53.4 Å². The zero-order valence-electron chi connectivity index (χ0n) is 18.2. The van der Waals surface area contributed by atoms with E-state index in [1.54, 1.807) is 36.5 Å². The molecule has 0 unspecified atom stereocenters. The minimum atomic E-state index is -0.327. The van der Waals surface area contributed by atoms with Crippen molar-refractivity contribution in [2.45, 2.75) is 38.6 Å². The number of pyridine rings is 1. The standard InChI is InChI=1S/C24H28N4O4/c1-16-6-11-21(25-14-16)27-24(31)19-4-2-3-5-20(19)26-23(30)17-7-9-18(10-8-17)28-12-13-32-15-22(28)29/h2-6,11,14,17-18H,7-10,12-13,15H2,1H3,(H,26,30)(H,25,27,31). The first kappa shape index (κ1) is 22.0. The van der Waals surface area contributed by atoms with Crippen molar-refractivity contribution in [3.63, 3.8) is 0 Å². The first-order valence-electron chi connectivity index (χ1n) is 11.0. The molecule has 2 aromatic rings. The van der Waals surface area contributed by atoms with E-state index in [1.165, 1.54) is 0 Å². The van der Waals surface area contributed by atoms with Gasteiger partial charge in [-0.1, -0.05) is 18.2 Å². The summed E-state index contributed by atoms with van der Waals surface area (Å²) in [5, 5.41) is 5.71. The number of carbonyl (C=O) groups excluding carboxylic acids is 3. The predicted octanol–water partition coefficient (Wildman–Crippen LogP) is 3.00. The number of ether oxygens (including phenoxy) is 1. The summed E-state index contributed by atoms with van der Waals surface area (Å²) in [5.41, 5.74) is 1.87. The quantitative estimate of drug-likeness (QED) is 0.751. The Balaban J connectivity index is 1.36. The van der Waals surface area contributed by atoms with Crippen molar-refractivity contribution in [2.75, 3.05) is 30.4 Å². The number of morpholine rings is 1. The normalized spacial score (nSPS) is 21.2. The van der Waals surface area contributed by atoms with Gasteiger partial charge in [0.1, 0.15) is 12.4 Å². The van der Waals surface area contributed by atoms with Crippen molar-refractivity contribution in [3.8, 4) is 0 Å². The van der Waals surface area contributed by atoms with E-state index in [0.717, 1.165) is 18.4 Å². The largest absolute Gasteiger partial charge is 0.370 e. The highest BCUT2D eigenvalue weighted by atomic mass is 16.5. The molecule has 3 amide bonds. The van der Waals surface area contributed by atoms with Crippen LogP contribution in [0.1, 0.15) is 41.6 Å². The number of para-hydroxylation sites is 1. The highest BCUT2D eigenvalue weighted by molar-refractivity contribution is 6.10. The Morgan fingerprint density at radius 2 is 1.84 bits per heavy atom. The lowest BCUT2D eigenvalue weighted by molar-refractivity contribution is -0.146. The SMILES string of the molecule is Cc1ccc(NC(=O)c2ccccc2NC(=O)C2CCC(N3CCOCC3=O)CC2)nc1. The highest BCUT2D eigenvalue weighted by Crippen LogP contribution is 2.30. The number of carbonyl (C=O) groups is 3. The van der Waals surface area contributed by atoms with Crippen LogP contribution in [-0.2, 0) is 14.3 Å². The number of nitrogens with zero attached hydrogens (tertiary/aromatic N) is 2.